The van der Waals surface area contributed by atoms with Crippen LogP contribution in [0.3, 0.4) is 0 Å². The summed E-state index contributed by atoms with van der Waals surface area (Å²) in [5.41, 5.74) is 0. The Morgan fingerprint density at radius 3 is 2.06 bits per heavy atom. The average molecular weight is 258 g/mol. The highest BCUT2D eigenvalue weighted by Gasteiger charge is 2.40. The highest BCUT2D eigenvalue weighted by Crippen LogP contribution is 2.32. The maximum atomic E-state index is 5.78. The first-order chi connectivity index (χ1) is 8.52. The predicted octanol–water partition coefficient (Wildman–Crippen LogP) is 3.90. The summed E-state index contributed by atoms with van der Waals surface area (Å²) in [6.07, 6.45) is 6.99. The van der Waals surface area contributed by atoms with Crippen molar-refractivity contribution in [1.29, 1.82) is 0 Å². The number of unbranched alkanes of at least 4 members (excludes halogenated alkanes) is 2. The summed E-state index contributed by atoms with van der Waals surface area (Å²) >= 11 is 0. The summed E-state index contributed by atoms with van der Waals surface area (Å²) < 4.78 is 17.3. The topological polar surface area (TPSA) is 31.0 Å². The molecule has 0 aliphatic carbocycles. The minimum Gasteiger partial charge on any atom is -0.369 e. The van der Waals surface area contributed by atoms with Crippen molar-refractivity contribution in [2.24, 2.45) is 0 Å². The van der Waals surface area contributed by atoms with Gasteiger partial charge in [0, 0.05) is 6.42 Å². The van der Waals surface area contributed by atoms with Gasteiger partial charge in [-0.1, -0.05) is 26.2 Å². The fourth-order valence-electron chi connectivity index (χ4n) is 2.18. The molecule has 1 saturated heterocycles. The third kappa shape index (κ3) is 6.72. The number of ether oxygens (including phenoxy) is 3. The highest BCUT2D eigenvalue weighted by molar-refractivity contribution is 4.85. The lowest BCUT2D eigenvalue weighted by Gasteiger charge is -2.22. The first-order valence-corrected chi connectivity index (χ1v) is 7.49. The van der Waals surface area contributed by atoms with Crippen LogP contribution < -0.4 is 0 Å². The third-order valence-corrected chi connectivity index (χ3v) is 3.05. The Morgan fingerprint density at radius 2 is 1.56 bits per heavy atom. The van der Waals surface area contributed by atoms with Crippen LogP contribution in [0, 0.1) is 0 Å². The van der Waals surface area contributed by atoms with E-state index in [0.29, 0.717) is 12.2 Å². The standard InChI is InChI=1S/C15H30O3/c1-6-7-8-9-13-14(18-13)10-15(16-11(2)3)17-12(4)5/h11-15H,6-10H2,1-5H3. The maximum Gasteiger partial charge on any atom is 0.160 e. The van der Waals surface area contributed by atoms with Crippen molar-refractivity contribution in [2.45, 2.75) is 97.4 Å². The van der Waals surface area contributed by atoms with Crippen molar-refractivity contribution in [2.75, 3.05) is 0 Å². The lowest BCUT2D eigenvalue weighted by atomic mass is 10.1. The summed E-state index contributed by atoms with van der Waals surface area (Å²) in [4.78, 5) is 0. The molecule has 1 aliphatic heterocycles. The van der Waals surface area contributed by atoms with Gasteiger partial charge in [0.2, 0.25) is 0 Å². The van der Waals surface area contributed by atoms with Crippen LogP contribution in [0.1, 0.15) is 66.7 Å². The Bertz CT molecular complexity index is 206. The molecule has 0 bridgehead atoms. The van der Waals surface area contributed by atoms with Gasteiger partial charge in [-0.3, -0.25) is 0 Å². The second-order valence-corrected chi connectivity index (χ2v) is 5.74. The summed E-state index contributed by atoms with van der Waals surface area (Å²) in [7, 11) is 0. The number of epoxide rings is 1. The van der Waals surface area contributed by atoms with Crippen molar-refractivity contribution < 1.29 is 14.2 Å². The van der Waals surface area contributed by atoms with Gasteiger partial charge in [0.25, 0.3) is 0 Å². The van der Waals surface area contributed by atoms with Crippen LogP contribution in [0.2, 0.25) is 0 Å². The van der Waals surface area contributed by atoms with Gasteiger partial charge in [0.1, 0.15) is 0 Å². The van der Waals surface area contributed by atoms with Crippen LogP contribution >= 0.6 is 0 Å². The Hall–Kier alpha value is -0.120. The maximum absolute atomic E-state index is 5.78. The molecule has 0 N–H and O–H groups in total. The zero-order valence-electron chi connectivity index (χ0n) is 12.6. The second-order valence-electron chi connectivity index (χ2n) is 5.74. The quantitative estimate of drug-likeness (QED) is 0.338. The Kier molecular flexibility index (Phi) is 7.20. The molecule has 2 unspecified atom stereocenters. The monoisotopic (exact) mass is 258 g/mol. The van der Waals surface area contributed by atoms with E-state index in [1.165, 1.54) is 25.7 Å². The normalized spacial score (nSPS) is 23.3. The highest BCUT2D eigenvalue weighted by atomic mass is 16.7. The number of hydrogen-bond acceptors (Lipinski definition) is 3. The van der Waals surface area contributed by atoms with Crippen LogP contribution in [-0.4, -0.2) is 30.7 Å². The summed E-state index contributed by atoms with van der Waals surface area (Å²) in [6.45, 7) is 10.4. The fourth-order valence-corrected chi connectivity index (χ4v) is 2.18. The van der Waals surface area contributed by atoms with Crippen LogP contribution in [0.5, 0.6) is 0 Å². The molecule has 0 aromatic heterocycles. The molecule has 0 aromatic carbocycles. The van der Waals surface area contributed by atoms with E-state index in [4.69, 9.17) is 14.2 Å². The molecule has 3 nitrogen and oxygen atoms in total. The molecule has 108 valence electrons. The second kappa shape index (κ2) is 8.13. The van der Waals surface area contributed by atoms with E-state index < -0.39 is 0 Å². The molecule has 0 spiro atoms. The molecular formula is C15H30O3. The smallest absolute Gasteiger partial charge is 0.160 e. The SMILES string of the molecule is CCCCCC1OC1CC(OC(C)C)OC(C)C. The molecule has 1 rings (SSSR count). The van der Waals surface area contributed by atoms with E-state index in [1.54, 1.807) is 0 Å². The van der Waals surface area contributed by atoms with Crippen molar-refractivity contribution in [3.8, 4) is 0 Å². The van der Waals surface area contributed by atoms with Crippen molar-refractivity contribution >= 4 is 0 Å². The van der Waals surface area contributed by atoms with E-state index in [2.05, 4.69) is 6.92 Å². The van der Waals surface area contributed by atoms with Gasteiger partial charge < -0.3 is 14.2 Å². The molecule has 0 amide bonds. The van der Waals surface area contributed by atoms with E-state index >= 15 is 0 Å². The minimum absolute atomic E-state index is 0.119. The van der Waals surface area contributed by atoms with Crippen LogP contribution in [0.4, 0.5) is 0 Å². The number of hydrogen-bond donors (Lipinski definition) is 0. The lowest BCUT2D eigenvalue weighted by Crippen LogP contribution is -2.26. The molecule has 18 heavy (non-hydrogen) atoms. The molecule has 1 aliphatic rings. The van der Waals surface area contributed by atoms with Gasteiger partial charge in [0.15, 0.2) is 6.29 Å². The van der Waals surface area contributed by atoms with E-state index in [0.717, 1.165) is 6.42 Å². The van der Waals surface area contributed by atoms with Crippen LogP contribution in [-0.2, 0) is 14.2 Å². The zero-order valence-corrected chi connectivity index (χ0v) is 12.6. The average Bonchev–Trinajstić information content (AvgIpc) is 2.94. The molecule has 0 radical (unpaired) electrons. The van der Waals surface area contributed by atoms with Crippen LogP contribution in [0.25, 0.3) is 0 Å². The fraction of sp³-hybridized carbons (Fsp3) is 1.00. The van der Waals surface area contributed by atoms with Crippen molar-refractivity contribution in [1.82, 2.24) is 0 Å². The van der Waals surface area contributed by atoms with Crippen molar-refractivity contribution in [3.63, 3.8) is 0 Å². The zero-order chi connectivity index (χ0) is 13.5. The lowest BCUT2D eigenvalue weighted by molar-refractivity contribution is -0.185. The van der Waals surface area contributed by atoms with E-state index in [1.807, 2.05) is 27.7 Å². The summed E-state index contributed by atoms with van der Waals surface area (Å²) in [5, 5.41) is 0. The van der Waals surface area contributed by atoms with Gasteiger partial charge in [-0.15, -0.1) is 0 Å². The molecule has 3 heteroatoms. The summed E-state index contributed by atoms with van der Waals surface area (Å²) in [5.74, 6) is 0. The molecule has 2 atom stereocenters. The molecular weight excluding hydrogens is 228 g/mol. The Balaban J connectivity index is 2.21. The minimum atomic E-state index is -0.119. The molecule has 1 heterocycles. The largest absolute Gasteiger partial charge is 0.369 e. The summed E-state index contributed by atoms with van der Waals surface area (Å²) in [6, 6.07) is 0. The van der Waals surface area contributed by atoms with Crippen molar-refractivity contribution in [3.05, 3.63) is 0 Å². The van der Waals surface area contributed by atoms with Gasteiger partial charge in [-0.2, -0.15) is 0 Å². The third-order valence-electron chi connectivity index (χ3n) is 3.05. The van der Waals surface area contributed by atoms with Gasteiger partial charge in [0.05, 0.1) is 24.4 Å². The van der Waals surface area contributed by atoms with Crippen LogP contribution in [0.15, 0.2) is 0 Å². The molecule has 0 aromatic rings. The Labute approximate surface area is 112 Å². The Morgan fingerprint density at radius 1 is 0.944 bits per heavy atom. The molecule has 1 fully saturated rings. The first-order valence-electron chi connectivity index (χ1n) is 7.49. The van der Waals surface area contributed by atoms with Gasteiger partial charge in [-0.25, -0.2) is 0 Å². The van der Waals surface area contributed by atoms with Gasteiger partial charge >= 0.3 is 0 Å². The molecule has 0 saturated carbocycles. The van der Waals surface area contributed by atoms with E-state index in [-0.39, 0.29) is 18.5 Å². The predicted molar refractivity (Wildman–Crippen MR) is 73.7 cm³/mol. The van der Waals surface area contributed by atoms with E-state index in [9.17, 15) is 0 Å². The number of rotatable bonds is 10. The first kappa shape index (κ1) is 15.9. The van der Waals surface area contributed by atoms with Gasteiger partial charge in [-0.05, 0) is 34.1 Å².